The van der Waals surface area contributed by atoms with Gasteiger partial charge >= 0.3 is 6.09 Å². The largest absolute Gasteiger partial charge is 0.444 e. The van der Waals surface area contributed by atoms with Crippen LogP contribution in [0.1, 0.15) is 37.8 Å². The molecule has 0 spiro atoms. The van der Waals surface area contributed by atoms with E-state index in [1.165, 1.54) is 5.56 Å². The molecule has 0 aromatic heterocycles. The van der Waals surface area contributed by atoms with Crippen LogP contribution < -0.4 is 11.1 Å². The number of rotatable bonds is 4. The first-order valence-electron chi connectivity index (χ1n) is 6.55. The third-order valence-corrected chi connectivity index (χ3v) is 2.72. The van der Waals surface area contributed by atoms with Gasteiger partial charge in [0.1, 0.15) is 5.60 Å². The summed E-state index contributed by atoms with van der Waals surface area (Å²) in [5.41, 5.74) is 7.62. The minimum Gasteiger partial charge on any atom is -0.444 e. The standard InChI is InChI=1S/C15H24N2O2/c1-11-5-7-12(8-6-11)13(9-16)10-17-14(18)19-15(2,3)4/h5-8,13H,9-10,16H2,1-4H3,(H,17,18). The highest BCUT2D eigenvalue weighted by Gasteiger charge is 2.17. The second kappa shape index (κ2) is 6.57. The molecule has 0 saturated carbocycles. The van der Waals surface area contributed by atoms with E-state index < -0.39 is 11.7 Å². The van der Waals surface area contributed by atoms with Crippen LogP contribution in [0, 0.1) is 6.92 Å². The van der Waals surface area contributed by atoms with Crippen molar-refractivity contribution in [2.75, 3.05) is 13.1 Å². The summed E-state index contributed by atoms with van der Waals surface area (Å²) >= 11 is 0. The SMILES string of the molecule is Cc1ccc(C(CN)CNC(=O)OC(C)(C)C)cc1. The molecule has 19 heavy (non-hydrogen) atoms. The van der Waals surface area contributed by atoms with Gasteiger partial charge in [0.2, 0.25) is 0 Å². The highest BCUT2D eigenvalue weighted by molar-refractivity contribution is 5.67. The zero-order chi connectivity index (χ0) is 14.5. The third kappa shape index (κ3) is 5.75. The van der Waals surface area contributed by atoms with Gasteiger partial charge in [0.25, 0.3) is 0 Å². The first kappa shape index (κ1) is 15.5. The molecule has 0 aliphatic carbocycles. The lowest BCUT2D eigenvalue weighted by Crippen LogP contribution is -2.36. The van der Waals surface area contributed by atoms with Crippen LogP contribution in [-0.4, -0.2) is 24.8 Å². The van der Waals surface area contributed by atoms with Gasteiger partial charge in [0.05, 0.1) is 0 Å². The molecule has 3 N–H and O–H groups in total. The van der Waals surface area contributed by atoms with Crippen LogP contribution in [0.3, 0.4) is 0 Å². The summed E-state index contributed by atoms with van der Waals surface area (Å²) in [4.78, 5) is 11.6. The Hall–Kier alpha value is -1.55. The van der Waals surface area contributed by atoms with Crippen molar-refractivity contribution in [2.24, 2.45) is 5.73 Å². The minimum absolute atomic E-state index is 0.105. The van der Waals surface area contributed by atoms with Gasteiger partial charge in [-0.15, -0.1) is 0 Å². The lowest BCUT2D eigenvalue weighted by Gasteiger charge is -2.21. The first-order chi connectivity index (χ1) is 8.81. The fourth-order valence-corrected chi connectivity index (χ4v) is 1.70. The molecule has 0 bridgehead atoms. The molecule has 1 unspecified atom stereocenters. The lowest BCUT2D eigenvalue weighted by atomic mass is 9.98. The Kier molecular flexibility index (Phi) is 5.36. The Bertz CT molecular complexity index is 407. The van der Waals surface area contributed by atoms with Crippen LogP contribution in [-0.2, 0) is 4.74 Å². The van der Waals surface area contributed by atoms with E-state index >= 15 is 0 Å². The Morgan fingerprint density at radius 3 is 2.37 bits per heavy atom. The van der Waals surface area contributed by atoms with Gasteiger partial charge in [-0.2, -0.15) is 0 Å². The number of nitrogens with two attached hydrogens (primary N) is 1. The maximum absolute atomic E-state index is 11.6. The molecule has 1 amide bonds. The average molecular weight is 264 g/mol. The Balaban J connectivity index is 2.54. The maximum Gasteiger partial charge on any atom is 0.407 e. The van der Waals surface area contributed by atoms with Gasteiger partial charge < -0.3 is 15.8 Å². The number of nitrogens with one attached hydrogen (secondary N) is 1. The summed E-state index contributed by atoms with van der Waals surface area (Å²) in [5.74, 6) is 0.105. The van der Waals surface area contributed by atoms with E-state index in [1.807, 2.05) is 52.0 Å². The highest BCUT2D eigenvalue weighted by atomic mass is 16.6. The molecule has 0 radical (unpaired) electrons. The van der Waals surface area contributed by atoms with Crippen molar-refractivity contribution in [3.8, 4) is 0 Å². The van der Waals surface area contributed by atoms with Gasteiger partial charge in [-0.3, -0.25) is 0 Å². The van der Waals surface area contributed by atoms with E-state index in [1.54, 1.807) is 0 Å². The number of amides is 1. The molecule has 1 aromatic carbocycles. The number of ether oxygens (including phenoxy) is 1. The van der Waals surface area contributed by atoms with E-state index in [2.05, 4.69) is 5.32 Å². The molecule has 1 atom stereocenters. The van der Waals surface area contributed by atoms with E-state index in [-0.39, 0.29) is 5.92 Å². The van der Waals surface area contributed by atoms with Crippen LogP contribution in [0.25, 0.3) is 0 Å². The quantitative estimate of drug-likeness (QED) is 0.878. The van der Waals surface area contributed by atoms with Crippen molar-refractivity contribution in [2.45, 2.75) is 39.2 Å². The molecule has 1 aromatic rings. The van der Waals surface area contributed by atoms with Crippen molar-refractivity contribution in [3.63, 3.8) is 0 Å². The Morgan fingerprint density at radius 2 is 1.89 bits per heavy atom. The first-order valence-corrected chi connectivity index (χ1v) is 6.55. The number of alkyl carbamates (subject to hydrolysis) is 1. The average Bonchev–Trinajstić information content (AvgIpc) is 2.29. The zero-order valence-corrected chi connectivity index (χ0v) is 12.2. The van der Waals surface area contributed by atoms with E-state index in [0.717, 1.165) is 5.56 Å². The van der Waals surface area contributed by atoms with Crippen molar-refractivity contribution in [1.82, 2.24) is 5.32 Å². The summed E-state index contributed by atoms with van der Waals surface area (Å²) in [6, 6.07) is 8.18. The van der Waals surface area contributed by atoms with Gasteiger partial charge in [0, 0.05) is 19.0 Å². The van der Waals surface area contributed by atoms with Crippen molar-refractivity contribution < 1.29 is 9.53 Å². The van der Waals surface area contributed by atoms with Crippen LogP contribution in [0.5, 0.6) is 0 Å². The third-order valence-electron chi connectivity index (χ3n) is 2.72. The van der Waals surface area contributed by atoms with Crippen molar-refractivity contribution >= 4 is 6.09 Å². The summed E-state index contributed by atoms with van der Waals surface area (Å²) in [7, 11) is 0. The van der Waals surface area contributed by atoms with Gasteiger partial charge in [0.15, 0.2) is 0 Å². The summed E-state index contributed by atoms with van der Waals surface area (Å²) in [5, 5.41) is 2.76. The maximum atomic E-state index is 11.6. The number of hydrogen-bond acceptors (Lipinski definition) is 3. The summed E-state index contributed by atoms with van der Waals surface area (Å²) < 4.78 is 5.20. The molecule has 0 aliphatic heterocycles. The number of benzene rings is 1. The molecule has 0 saturated heterocycles. The van der Waals surface area contributed by atoms with Gasteiger partial charge in [-0.05, 0) is 33.3 Å². The molecular formula is C15H24N2O2. The van der Waals surface area contributed by atoms with Crippen molar-refractivity contribution in [3.05, 3.63) is 35.4 Å². The molecule has 4 heteroatoms. The Labute approximate surface area is 115 Å². The lowest BCUT2D eigenvalue weighted by molar-refractivity contribution is 0.0525. The van der Waals surface area contributed by atoms with Crippen LogP contribution >= 0.6 is 0 Å². The smallest absolute Gasteiger partial charge is 0.407 e. The molecular weight excluding hydrogens is 240 g/mol. The molecule has 0 aliphatic rings. The second-order valence-electron chi connectivity index (χ2n) is 5.73. The predicted molar refractivity (Wildman–Crippen MR) is 77.2 cm³/mol. The van der Waals surface area contributed by atoms with Gasteiger partial charge in [-0.1, -0.05) is 29.8 Å². The summed E-state index contributed by atoms with van der Waals surface area (Å²) in [6.45, 7) is 8.53. The molecule has 0 fully saturated rings. The molecule has 106 valence electrons. The fraction of sp³-hybridized carbons (Fsp3) is 0.533. The van der Waals surface area contributed by atoms with E-state index in [9.17, 15) is 4.79 Å². The van der Waals surface area contributed by atoms with Crippen molar-refractivity contribution in [1.29, 1.82) is 0 Å². The summed E-state index contributed by atoms with van der Waals surface area (Å²) in [6.07, 6.45) is -0.405. The zero-order valence-electron chi connectivity index (χ0n) is 12.2. The monoisotopic (exact) mass is 264 g/mol. The van der Waals surface area contributed by atoms with E-state index in [0.29, 0.717) is 13.1 Å². The number of hydrogen-bond donors (Lipinski definition) is 2. The number of aryl methyl sites for hydroxylation is 1. The Morgan fingerprint density at radius 1 is 1.32 bits per heavy atom. The fourth-order valence-electron chi connectivity index (χ4n) is 1.70. The second-order valence-corrected chi connectivity index (χ2v) is 5.73. The van der Waals surface area contributed by atoms with Crippen LogP contribution in [0.2, 0.25) is 0 Å². The normalized spacial score (nSPS) is 12.9. The van der Waals surface area contributed by atoms with E-state index in [4.69, 9.17) is 10.5 Å². The minimum atomic E-state index is -0.480. The predicted octanol–water partition coefficient (Wildman–Crippen LogP) is 2.56. The highest BCUT2D eigenvalue weighted by Crippen LogP contribution is 2.15. The molecule has 0 heterocycles. The number of carbonyl (C=O) groups is 1. The molecule has 4 nitrogen and oxygen atoms in total. The van der Waals surface area contributed by atoms with Crippen LogP contribution in [0.4, 0.5) is 4.79 Å². The van der Waals surface area contributed by atoms with Gasteiger partial charge in [-0.25, -0.2) is 4.79 Å². The molecule has 1 rings (SSSR count). The number of carbonyl (C=O) groups excluding carboxylic acids is 1. The topological polar surface area (TPSA) is 64.3 Å². The van der Waals surface area contributed by atoms with Crippen LogP contribution in [0.15, 0.2) is 24.3 Å².